The molecule has 0 radical (unpaired) electrons. The van der Waals surface area contributed by atoms with Gasteiger partial charge in [0.2, 0.25) is 0 Å². The number of sulfonamides is 1. The molecular weight excluding hydrogens is 258 g/mol. The third-order valence-corrected chi connectivity index (χ3v) is 3.91. The van der Waals surface area contributed by atoms with Gasteiger partial charge in [-0.25, -0.2) is 13.4 Å². The maximum Gasteiger partial charge on any atom is 0.318 e. The van der Waals surface area contributed by atoms with Crippen LogP contribution in [0.1, 0.15) is 13.8 Å². The fourth-order valence-electron chi connectivity index (χ4n) is 1.43. The van der Waals surface area contributed by atoms with Crippen LogP contribution in [0.5, 0.6) is 0 Å². The van der Waals surface area contributed by atoms with Gasteiger partial charge in [0, 0.05) is 19.8 Å². The van der Waals surface area contributed by atoms with Crippen molar-refractivity contribution in [2.75, 3.05) is 13.6 Å². The van der Waals surface area contributed by atoms with Crippen molar-refractivity contribution in [3.05, 3.63) is 12.5 Å². The largest absolute Gasteiger partial charge is 0.480 e. The molecular formula is C10H17N3O4S. The van der Waals surface area contributed by atoms with Crippen LogP contribution in [0.3, 0.4) is 0 Å². The molecule has 18 heavy (non-hydrogen) atoms. The molecule has 0 amide bonds. The topological polar surface area (TPSA) is 92.5 Å². The maximum atomic E-state index is 12.0. The average Bonchev–Trinajstić information content (AvgIpc) is 2.64. The van der Waals surface area contributed by atoms with E-state index in [9.17, 15) is 13.2 Å². The summed E-state index contributed by atoms with van der Waals surface area (Å²) >= 11 is 0. The standard InChI is InChI=1S/C10H17N3O4S/c1-8(2)4-13-5-9(11-7-13)18(16,17)12(3)6-10(14)15/h5,7-8H,4,6H2,1-3H3,(H,14,15). The number of carboxylic acid groups (broad SMARTS) is 1. The summed E-state index contributed by atoms with van der Waals surface area (Å²) in [5.74, 6) is -0.839. The van der Waals surface area contributed by atoms with Gasteiger partial charge in [-0.15, -0.1) is 0 Å². The normalized spacial score (nSPS) is 12.3. The summed E-state index contributed by atoms with van der Waals surface area (Å²) in [5, 5.41) is 8.45. The van der Waals surface area contributed by atoms with Crippen LogP contribution >= 0.6 is 0 Å². The Hall–Kier alpha value is -1.41. The Bertz CT molecular complexity index is 521. The molecule has 102 valence electrons. The molecule has 1 N–H and O–H groups in total. The van der Waals surface area contributed by atoms with Crippen LogP contribution in [0.15, 0.2) is 17.6 Å². The fourth-order valence-corrected chi connectivity index (χ4v) is 2.48. The van der Waals surface area contributed by atoms with Gasteiger partial charge in [-0.05, 0) is 5.92 Å². The lowest BCUT2D eigenvalue weighted by Crippen LogP contribution is -2.32. The molecule has 1 heterocycles. The molecule has 8 heteroatoms. The van der Waals surface area contributed by atoms with Crippen molar-refractivity contribution in [2.24, 2.45) is 5.92 Å². The fraction of sp³-hybridized carbons (Fsp3) is 0.600. The van der Waals surface area contributed by atoms with Crippen molar-refractivity contribution in [1.82, 2.24) is 13.9 Å². The van der Waals surface area contributed by atoms with Crippen LogP contribution in [0.25, 0.3) is 0 Å². The SMILES string of the molecule is CC(C)Cn1cnc(S(=O)(=O)N(C)CC(=O)O)c1. The minimum absolute atomic E-state index is 0.132. The second-order valence-corrected chi connectivity index (χ2v) is 6.45. The van der Waals surface area contributed by atoms with E-state index in [2.05, 4.69) is 4.98 Å². The minimum Gasteiger partial charge on any atom is -0.480 e. The quantitative estimate of drug-likeness (QED) is 0.803. The van der Waals surface area contributed by atoms with Crippen LogP contribution in [0.4, 0.5) is 0 Å². The summed E-state index contributed by atoms with van der Waals surface area (Å²) in [7, 11) is -2.62. The molecule has 0 aromatic carbocycles. The van der Waals surface area contributed by atoms with Crippen LogP contribution in [0, 0.1) is 5.92 Å². The molecule has 0 spiro atoms. The zero-order chi connectivity index (χ0) is 13.9. The highest BCUT2D eigenvalue weighted by molar-refractivity contribution is 7.89. The summed E-state index contributed by atoms with van der Waals surface area (Å²) < 4.78 is 26.3. The van der Waals surface area contributed by atoms with E-state index in [0.717, 1.165) is 4.31 Å². The lowest BCUT2D eigenvalue weighted by atomic mass is 10.2. The number of rotatable bonds is 6. The third kappa shape index (κ3) is 3.54. The van der Waals surface area contributed by atoms with Gasteiger partial charge in [-0.1, -0.05) is 13.8 Å². The Morgan fingerprint density at radius 1 is 1.56 bits per heavy atom. The molecule has 0 bridgehead atoms. The molecule has 0 unspecified atom stereocenters. The molecule has 0 aliphatic rings. The predicted octanol–water partition coefficient (Wildman–Crippen LogP) is 0.244. The number of likely N-dealkylation sites (N-methyl/N-ethyl adjacent to an activating group) is 1. The molecule has 0 aliphatic heterocycles. The van der Waals surface area contributed by atoms with Gasteiger partial charge in [0.15, 0.2) is 5.03 Å². The molecule has 0 saturated heterocycles. The van der Waals surface area contributed by atoms with E-state index in [1.165, 1.54) is 19.6 Å². The van der Waals surface area contributed by atoms with E-state index >= 15 is 0 Å². The Balaban J connectivity index is 2.91. The highest BCUT2D eigenvalue weighted by Gasteiger charge is 2.25. The summed E-state index contributed by atoms with van der Waals surface area (Å²) in [6.45, 7) is 4.08. The van der Waals surface area contributed by atoms with Gasteiger partial charge in [-0.2, -0.15) is 4.31 Å². The van der Waals surface area contributed by atoms with E-state index < -0.39 is 22.5 Å². The first kappa shape index (κ1) is 14.7. The van der Waals surface area contributed by atoms with E-state index in [1.54, 1.807) is 4.57 Å². The monoisotopic (exact) mass is 275 g/mol. The van der Waals surface area contributed by atoms with E-state index in [4.69, 9.17) is 5.11 Å². The number of nitrogens with zero attached hydrogens (tertiary/aromatic N) is 3. The number of carboxylic acids is 1. The zero-order valence-corrected chi connectivity index (χ0v) is 11.4. The van der Waals surface area contributed by atoms with Crippen LogP contribution < -0.4 is 0 Å². The molecule has 0 aliphatic carbocycles. The van der Waals surface area contributed by atoms with Crippen LogP contribution in [-0.4, -0.2) is 46.9 Å². The molecule has 1 rings (SSSR count). The highest BCUT2D eigenvalue weighted by Crippen LogP contribution is 2.12. The predicted molar refractivity (Wildman–Crippen MR) is 64.5 cm³/mol. The first-order valence-corrected chi connectivity index (χ1v) is 6.87. The van der Waals surface area contributed by atoms with Crippen molar-refractivity contribution in [3.63, 3.8) is 0 Å². The summed E-state index contributed by atoms with van der Waals surface area (Å²) in [5.41, 5.74) is 0. The lowest BCUT2D eigenvalue weighted by Gasteiger charge is -2.12. The van der Waals surface area contributed by atoms with Crippen LogP contribution in [0.2, 0.25) is 0 Å². The Labute approximate surface area is 106 Å². The third-order valence-electron chi connectivity index (χ3n) is 2.22. The van der Waals surface area contributed by atoms with Crippen molar-refractivity contribution >= 4 is 16.0 Å². The number of imidazole rings is 1. The van der Waals surface area contributed by atoms with Gasteiger partial charge < -0.3 is 9.67 Å². The van der Waals surface area contributed by atoms with Crippen molar-refractivity contribution < 1.29 is 18.3 Å². The van der Waals surface area contributed by atoms with Crippen molar-refractivity contribution in [2.45, 2.75) is 25.4 Å². The molecule has 7 nitrogen and oxygen atoms in total. The molecule has 1 aromatic rings. The molecule has 1 aromatic heterocycles. The Morgan fingerprint density at radius 2 is 2.17 bits per heavy atom. The van der Waals surface area contributed by atoms with E-state index in [-0.39, 0.29) is 5.03 Å². The smallest absolute Gasteiger partial charge is 0.318 e. The Kier molecular flexibility index (Phi) is 4.47. The van der Waals surface area contributed by atoms with Gasteiger partial charge in [0.1, 0.15) is 6.54 Å². The van der Waals surface area contributed by atoms with Crippen molar-refractivity contribution in [3.8, 4) is 0 Å². The van der Waals surface area contributed by atoms with Crippen LogP contribution in [-0.2, 0) is 21.4 Å². The minimum atomic E-state index is -3.83. The highest BCUT2D eigenvalue weighted by atomic mass is 32.2. The average molecular weight is 275 g/mol. The second-order valence-electron chi connectivity index (χ2n) is 4.46. The number of aromatic nitrogens is 2. The number of hydrogen-bond acceptors (Lipinski definition) is 4. The Morgan fingerprint density at radius 3 is 2.67 bits per heavy atom. The first-order chi connectivity index (χ1) is 8.23. The lowest BCUT2D eigenvalue weighted by molar-refractivity contribution is -0.137. The molecule has 0 fully saturated rings. The number of carbonyl (C=O) groups is 1. The van der Waals surface area contributed by atoms with E-state index in [0.29, 0.717) is 12.5 Å². The van der Waals surface area contributed by atoms with Gasteiger partial charge in [0.25, 0.3) is 10.0 Å². The molecule has 0 atom stereocenters. The van der Waals surface area contributed by atoms with Gasteiger partial charge >= 0.3 is 5.97 Å². The summed E-state index contributed by atoms with van der Waals surface area (Å²) in [6.07, 6.45) is 2.84. The molecule has 0 saturated carbocycles. The number of aliphatic carboxylic acids is 1. The summed E-state index contributed by atoms with van der Waals surface area (Å²) in [4.78, 5) is 14.3. The van der Waals surface area contributed by atoms with Gasteiger partial charge in [-0.3, -0.25) is 4.79 Å². The maximum absolute atomic E-state index is 12.0. The van der Waals surface area contributed by atoms with Gasteiger partial charge in [0.05, 0.1) is 6.33 Å². The summed E-state index contributed by atoms with van der Waals surface area (Å²) in [6, 6.07) is 0. The number of hydrogen-bond donors (Lipinski definition) is 1. The van der Waals surface area contributed by atoms with Crippen molar-refractivity contribution in [1.29, 1.82) is 0 Å². The zero-order valence-electron chi connectivity index (χ0n) is 10.6. The van der Waals surface area contributed by atoms with E-state index in [1.807, 2.05) is 13.8 Å². The first-order valence-electron chi connectivity index (χ1n) is 5.43. The second kappa shape index (κ2) is 5.49.